The van der Waals surface area contributed by atoms with Crippen LogP contribution in [-0.2, 0) is 16.0 Å². The number of halogens is 3. The summed E-state index contributed by atoms with van der Waals surface area (Å²) in [6.45, 7) is 3.54. The second-order valence-corrected chi connectivity index (χ2v) is 11.8. The van der Waals surface area contributed by atoms with E-state index < -0.39 is 35.2 Å². The number of hydrogen-bond donors (Lipinski definition) is 2. The minimum atomic E-state index is -1.29. The van der Waals surface area contributed by atoms with Crippen LogP contribution in [0.3, 0.4) is 0 Å². The Morgan fingerprint density at radius 1 is 1.11 bits per heavy atom. The standard InChI is InChI=1S/C24H23Cl2FN2O4S2/c1-24(2,12-14-4-9-20(26)34-14)29(17(23(32)33)6-10-21(28)30)22(31)19-8-7-18(35-19)13-3-5-16(27)15(25)11-13/h3-5,7-9,11,17H,6,10,12H2,1-2H3,(H2,28,30)(H,32,33)/t17-/m0/s1. The summed E-state index contributed by atoms with van der Waals surface area (Å²) < 4.78 is 14.2. The zero-order valence-electron chi connectivity index (χ0n) is 18.9. The lowest BCUT2D eigenvalue weighted by Gasteiger charge is -2.42. The van der Waals surface area contributed by atoms with Crippen LogP contribution < -0.4 is 5.73 Å². The van der Waals surface area contributed by atoms with Crippen LogP contribution in [-0.4, -0.2) is 39.4 Å². The van der Waals surface area contributed by atoms with E-state index >= 15 is 0 Å². The monoisotopic (exact) mass is 556 g/mol. The van der Waals surface area contributed by atoms with Crippen molar-refractivity contribution in [3.8, 4) is 10.4 Å². The summed E-state index contributed by atoms with van der Waals surface area (Å²) in [5.41, 5.74) is 4.95. The third-order valence-corrected chi connectivity index (χ3v) is 8.03. The number of carbonyl (C=O) groups excluding carboxylic acids is 2. The van der Waals surface area contributed by atoms with Crippen LogP contribution >= 0.6 is 45.9 Å². The zero-order valence-corrected chi connectivity index (χ0v) is 22.0. The number of aliphatic carboxylic acids is 1. The van der Waals surface area contributed by atoms with Crippen molar-refractivity contribution in [3.63, 3.8) is 0 Å². The minimum Gasteiger partial charge on any atom is -0.480 e. The molecule has 35 heavy (non-hydrogen) atoms. The first kappa shape index (κ1) is 27.1. The van der Waals surface area contributed by atoms with Crippen LogP contribution in [0.2, 0.25) is 9.36 Å². The Labute approximate surface area is 220 Å². The predicted molar refractivity (Wildman–Crippen MR) is 138 cm³/mol. The molecule has 2 aromatic heterocycles. The van der Waals surface area contributed by atoms with Gasteiger partial charge in [0.25, 0.3) is 5.91 Å². The number of primary amides is 1. The molecule has 0 bridgehead atoms. The summed E-state index contributed by atoms with van der Waals surface area (Å²) in [5, 5.41) is 9.97. The van der Waals surface area contributed by atoms with Crippen LogP contribution in [0.5, 0.6) is 0 Å². The van der Waals surface area contributed by atoms with Gasteiger partial charge in [-0.15, -0.1) is 22.7 Å². The number of carbonyl (C=O) groups is 3. The van der Waals surface area contributed by atoms with Crippen molar-refractivity contribution in [2.75, 3.05) is 0 Å². The number of thiophene rings is 2. The van der Waals surface area contributed by atoms with Gasteiger partial charge in [-0.05, 0) is 62.2 Å². The van der Waals surface area contributed by atoms with Gasteiger partial charge in [0.2, 0.25) is 5.91 Å². The molecule has 0 aliphatic rings. The van der Waals surface area contributed by atoms with E-state index in [4.69, 9.17) is 28.9 Å². The number of benzene rings is 1. The van der Waals surface area contributed by atoms with E-state index in [9.17, 15) is 23.9 Å². The van der Waals surface area contributed by atoms with Crippen molar-refractivity contribution in [1.82, 2.24) is 4.90 Å². The summed E-state index contributed by atoms with van der Waals surface area (Å²) >= 11 is 14.5. The van der Waals surface area contributed by atoms with E-state index in [1.807, 2.05) is 6.07 Å². The lowest BCUT2D eigenvalue weighted by Crippen LogP contribution is -2.57. The normalized spacial score (nSPS) is 12.4. The van der Waals surface area contributed by atoms with E-state index in [0.29, 0.717) is 26.1 Å². The smallest absolute Gasteiger partial charge is 0.326 e. The van der Waals surface area contributed by atoms with Gasteiger partial charge in [0.15, 0.2) is 0 Å². The van der Waals surface area contributed by atoms with Crippen molar-refractivity contribution in [1.29, 1.82) is 0 Å². The maximum Gasteiger partial charge on any atom is 0.326 e. The second kappa shape index (κ2) is 11.1. The average Bonchev–Trinajstić information content (AvgIpc) is 3.41. The Morgan fingerprint density at radius 2 is 1.83 bits per heavy atom. The average molecular weight is 557 g/mol. The molecule has 3 rings (SSSR count). The van der Waals surface area contributed by atoms with Crippen LogP contribution in [0.25, 0.3) is 10.4 Å². The van der Waals surface area contributed by atoms with Crippen molar-refractivity contribution in [3.05, 3.63) is 67.4 Å². The topological polar surface area (TPSA) is 101 Å². The fourth-order valence-corrected chi connectivity index (χ4v) is 6.24. The third-order valence-electron chi connectivity index (χ3n) is 5.39. The molecule has 2 amide bonds. The Kier molecular flexibility index (Phi) is 8.58. The Hall–Kier alpha value is -2.46. The molecule has 0 spiro atoms. The molecule has 0 unspecified atom stereocenters. The number of nitrogens with two attached hydrogens (primary N) is 1. The molecule has 1 aromatic carbocycles. The fourth-order valence-electron chi connectivity index (χ4n) is 3.81. The zero-order chi connectivity index (χ0) is 25.9. The summed E-state index contributed by atoms with van der Waals surface area (Å²) in [7, 11) is 0. The van der Waals surface area contributed by atoms with Crippen molar-refractivity contribution >= 4 is 63.7 Å². The SMILES string of the molecule is CC(C)(Cc1ccc(Cl)s1)N(C(=O)c1ccc(-c2ccc(F)c(Cl)c2)s1)[C@@H](CCC(N)=O)C(=O)O. The molecule has 11 heteroatoms. The number of hydrogen-bond acceptors (Lipinski definition) is 5. The maximum atomic E-state index is 13.8. The molecule has 3 N–H and O–H groups in total. The lowest BCUT2D eigenvalue weighted by molar-refractivity contribution is -0.144. The number of rotatable bonds is 10. The molecular weight excluding hydrogens is 534 g/mol. The first-order valence-corrected chi connectivity index (χ1v) is 12.9. The second-order valence-electron chi connectivity index (χ2n) is 8.52. The van der Waals surface area contributed by atoms with Gasteiger partial charge in [0.1, 0.15) is 11.9 Å². The molecule has 2 heterocycles. The molecule has 3 aromatic rings. The molecule has 6 nitrogen and oxygen atoms in total. The van der Waals surface area contributed by atoms with Gasteiger partial charge >= 0.3 is 5.97 Å². The molecule has 0 radical (unpaired) electrons. The highest BCUT2D eigenvalue weighted by molar-refractivity contribution is 7.17. The highest BCUT2D eigenvalue weighted by atomic mass is 35.5. The molecule has 1 atom stereocenters. The number of amides is 2. The Morgan fingerprint density at radius 3 is 2.40 bits per heavy atom. The molecule has 0 fully saturated rings. The molecule has 0 aliphatic carbocycles. The number of nitrogens with zero attached hydrogens (tertiary/aromatic N) is 1. The Bertz CT molecular complexity index is 1260. The fraction of sp³-hybridized carbons (Fsp3) is 0.292. The Balaban J connectivity index is 2.00. The summed E-state index contributed by atoms with van der Waals surface area (Å²) in [6, 6.07) is 9.84. The molecule has 0 saturated heterocycles. The molecule has 0 aliphatic heterocycles. The first-order valence-electron chi connectivity index (χ1n) is 10.5. The van der Waals surface area contributed by atoms with Gasteiger partial charge in [-0.2, -0.15) is 0 Å². The van der Waals surface area contributed by atoms with Gasteiger partial charge in [-0.3, -0.25) is 9.59 Å². The highest BCUT2D eigenvalue weighted by Gasteiger charge is 2.41. The van der Waals surface area contributed by atoms with E-state index in [0.717, 1.165) is 16.2 Å². The van der Waals surface area contributed by atoms with E-state index in [-0.39, 0.29) is 17.9 Å². The van der Waals surface area contributed by atoms with E-state index in [2.05, 4.69) is 0 Å². The summed E-state index contributed by atoms with van der Waals surface area (Å²) in [5.74, 6) is -2.94. The molecule has 0 saturated carbocycles. The van der Waals surface area contributed by atoms with Gasteiger partial charge in [0.05, 0.1) is 14.2 Å². The minimum absolute atomic E-state index is 0.0430. The van der Waals surface area contributed by atoms with Crippen LogP contribution in [0.4, 0.5) is 4.39 Å². The molecular formula is C24H23Cl2FN2O4S2. The van der Waals surface area contributed by atoms with E-state index in [1.165, 1.54) is 28.4 Å². The van der Waals surface area contributed by atoms with Crippen molar-refractivity contribution < 1.29 is 23.9 Å². The summed E-state index contributed by atoms with van der Waals surface area (Å²) in [4.78, 5) is 40.6. The van der Waals surface area contributed by atoms with Gasteiger partial charge in [0, 0.05) is 28.1 Å². The highest BCUT2D eigenvalue weighted by Crippen LogP contribution is 2.35. The van der Waals surface area contributed by atoms with Crippen LogP contribution in [0, 0.1) is 5.82 Å². The number of carboxylic acid groups (broad SMARTS) is 1. The quantitative estimate of drug-likeness (QED) is 0.314. The van der Waals surface area contributed by atoms with Crippen molar-refractivity contribution in [2.24, 2.45) is 5.73 Å². The third kappa shape index (κ3) is 6.61. The summed E-state index contributed by atoms with van der Waals surface area (Å²) in [6.07, 6.45) is 0.0323. The van der Waals surface area contributed by atoms with Gasteiger partial charge < -0.3 is 15.7 Å². The van der Waals surface area contributed by atoms with Gasteiger partial charge in [-0.1, -0.05) is 29.3 Å². The first-order chi connectivity index (χ1) is 16.4. The van der Waals surface area contributed by atoms with Crippen molar-refractivity contribution in [2.45, 2.75) is 44.7 Å². The predicted octanol–water partition coefficient (Wildman–Crippen LogP) is 6.10. The molecule has 186 valence electrons. The largest absolute Gasteiger partial charge is 0.480 e. The van der Waals surface area contributed by atoms with Gasteiger partial charge in [-0.25, -0.2) is 9.18 Å². The lowest BCUT2D eigenvalue weighted by atomic mass is 9.93. The van der Waals surface area contributed by atoms with Crippen LogP contribution in [0.15, 0.2) is 42.5 Å². The van der Waals surface area contributed by atoms with Crippen LogP contribution in [0.1, 0.15) is 41.2 Å². The number of carboxylic acids is 1. The maximum absolute atomic E-state index is 13.8. The van der Waals surface area contributed by atoms with E-state index in [1.54, 1.807) is 38.1 Å².